The molecular formula is C9H13Cl2N3O2S. The van der Waals surface area contributed by atoms with Gasteiger partial charge < -0.3 is 11.1 Å². The minimum absolute atomic E-state index is 0.0821. The van der Waals surface area contributed by atoms with Gasteiger partial charge in [-0.1, -0.05) is 23.2 Å². The summed E-state index contributed by atoms with van der Waals surface area (Å²) in [6, 6.07) is 3.13. The molecule has 1 aromatic rings. The minimum atomic E-state index is -3.42. The lowest BCUT2D eigenvalue weighted by Gasteiger charge is -2.10. The van der Waals surface area contributed by atoms with Crippen LogP contribution in [0.4, 0.5) is 11.4 Å². The van der Waals surface area contributed by atoms with E-state index in [2.05, 4.69) is 5.32 Å². The summed E-state index contributed by atoms with van der Waals surface area (Å²) >= 11 is 11.6. The molecule has 0 bridgehead atoms. The third kappa shape index (κ3) is 4.99. The molecule has 0 atom stereocenters. The standard InChI is InChI=1S/C9H13Cl2N3O2S/c10-6-4-8(12)9(5-7(6)11)14-2-1-3-17(13,15)16/h4-5,14H,1-3,12H2,(H2,13,15,16). The van der Waals surface area contributed by atoms with Crippen LogP contribution in [0, 0.1) is 0 Å². The van der Waals surface area contributed by atoms with Crippen molar-refractivity contribution in [2.24, 2.45) is 5.14 Å². The third-order valence-electron chi connectivity index (χ3n) is 2.01. The van der Waals surface area contributed by atoms with Crippen LogP contribution in [-0.2, 0) is 10.0 Å². The predicted octanol–water partition coefficient (Wildman–Crippen LogP) is 1.67. The Labute approximate surface area is 110 Å². The summed E-state index contributed by atoms with van der Waals surface area (Å²) in [5.74, 6) is -0.0821. The highest BCUT2D eigenvalue weighted by Crippen LogP contribution is 2.30. The number of nitrogens with two attached hydrogens (primary N) is 2. The van der Waals surface area contributed by atoms with Crippen molar-refractivity contribution in [3.05, 3.63) is 22.2 Å². The maximum Gasteiger partial charge on any atom is 0.209 e. The van der Waals surface area contributed by atoms with Gasteiger partial charge in [0.25, 0.3) is 0 Å². The molecule has 8 heteroatoms. The third-order valence-corrected chi connectivity index (χ3v) is 3.59. The summed E-state index contributed by atoms with van der Waals surface area (Å²) < 4.78 is 21.4. The second-order valence-corrected chi connectivity index (χ2v) is 6.05. The van der Waals surface area contributed by atoms with E-state index < -0.39 is 10.0 Å². The van der Waals surface area contributed by atoms with Gasteiger partial charge in [-0.05, 0) is 18.6 Å². The van der Waals surface area contributed by atoms with Crippen LogP contribution in [0.2, 0.25) is 10.0 Å². The van der Waals surface area contributed by atoms with Crippen molar-refractivity contribution in [3.8, 4) is 0 Å². The molecule has 0 saturated heterocycles. The first-order valence-electron chi connectivity index (χ1n) is 4.78. The van der Waals surface area contributed by atoms with Crippen molar-refractivity contribution in [1.29, 1.82) is 0 Å². The number of nitrogens with one attached hydrogen (secondary N) is 1. The molecule has 5 N–H and O–H groups in total. The second kappa shape index (κ2) is 5.77. The summed E-state index contributed by atoms with van der Waals surface area (Å²) in [4.78, 5) is 0. The highest BCUT2D eigenvalue weighted by Gasteiger charge is 2.06. The summed E-state index contributed by atoms with van der Waals surface area (Å²) in [6.45, 7) is 0.429. The summed E-state index contributed by atoms with van der Waals surface area (Å²) in [5, 5.41) is 8.59. The van der Waals surface area contributed by atoms with Crippen molar-refractivity contribution in [2.75, 3.05) is 23.3 Å². The fourth-order valence-corrected chi connectivity index (χ4v) is 2.09. The number of halogens is 2. The molecule has 1 aromatic carbocycles. The average Bonchev–Trinajstić information content (AvgIpc) is 2.18. The quantitative estimate of drug-likeness (QED) is 0.569. The van der Waals surface area contributed by atoms with E-state index >= 15 is 0 Å². The van der Waals surface area contributed by atoms with Crippen molar-refractivity contribution in [2.45, 2.75) is 6.42 Å². The molecule has 0 unspecified atom stereocenters. The van der Waals surface area contributed by atoms with E-state index in [0.29, 0.717) is 34.4 Å². The number of primary sulfonamides is 1. The minimum Gasteiger partial charge on any atom is -0.397 e. The summed E-state index contributed by atoms with van der Waals surface area (Å²) in [7, 11) is -3.42. The van der Waals surface area contributed by atoms with E-state index in [-0.39, 0.29) is 5.75 Å². The van der Waals surface area contributed by atoms with Crippen molar-refractivity contribution in [3.63, 3.8) is 0 Å². The van der Waals surface area contributed by atoms with E-state index in [1.807, 2.05) is 0 Å². The van der Waals surface area contributed by atoms with E-state index in [4.69, 9.17) is 34.1 Å². The summed E-state index contributed by atoms with van der Waals surface area (Å²) in [6.07, 6.45) is 0.387. The molecular weight excluding hydrogens is 285 g/mol. The van der Waals surface area contributed by atoms with Gasteiger partial charge in [0.2, 0.25) is 10.0 Å². The van der Waals surface area contributed by atoms with Gasteiger partial charge in [-0.3, -0.25) is 0 Å². The number of rotatable bonds is 5. The zero-order chi connectivity index (χ0) is 13.1. The van der Waals surface area contributed by atoms with Crippen LogP contribution in [0.5, 0.6) is 0 Å². The first kappa shape index (κ1) is 14.4. The van der Waals surface area contributed by atoms with E-state index in [9.17, 15) is 8.42 Å². The van der Waals surface area contributed by atoms with Crippen molar-refractivity contribution >= 4 is 44.6 Å². The van der Waals surface area contributed by atoms with Gasteiger partial charge in [-0.15, -0.1) is 0 Å². The summed E-state index contributed by atoms with van der Waals surface area (Å²) in [5.41, 5.74) is 6.78. The van der Waals surface area contributed by atoms with Gasteiger partial charge in [-0.2, -0.15) is 0 Å². The van der Waals surface area contributed by atoms with Crippen LogP contribution in [-0.4, -0.2) is 20.7 Å². The molecule has 0 aliphatic carbocycles. The Balaban J connectivity index is 2.55. The molecule has 0 fully saturated rings. The Hall–Kier alpha value is -0.690. The van der Waals surface area contributed by atoms with E-state index in [0.717, 1.165) is 0 Å². The number of sulfonamides is 1. The number of nitrogen functional groups attached to an aromatic ring is 1. The van der Waals surface area contributed by atoms with Crippen molar-refractivity contribution in [1.82, 2.24) is 0 Å². The van der Waals surface area contributed by atoms with Crippen LogP contribution in [0.15, 0.2) is 12.1 Å². The zero-order valence-corrected chi connectivity index (χ0v) is 11.2. The Morgan fingerprint density at radius 2 is 1.82 bits per heavy atom. The number of hydrogen-bond donors (Lipinski definition) is 3. The lowest BCUT2D eigenvalue weighted by molar-refractivity contribution is 0.596. The Morgan fingerprint density at radius 3 is 2.41 bits per heavy atom. The molecule has 0 spiro atoms. The topological polar surface area (TPSA) is 98.2 Å². The lowest BCUT2D eigenvalue weighted by Crippen LogP contribution is -2.18. The number of benzene rings is 1. The molecule has 0 aliphatic heterocycles. The normalized spacial score (nSPS) is 11.5. The monoisotopic (exact) mass is 297 g/mol. The Morgan fingerprint density at radius 1 is 1.24 bits per heavy atom. The van der Waals surface area contributed by atoms with Crippen LogP contribution in [0.25, 0.3) is 0 Å². The highest BCUT2D eigenvalue weighted by atomic mass is 35.5. The van der Waals surface area contributed by atoms with E-state index in [1.165, 1.54) is 6.07 Å². The van der Waals surface area contributed by atoms with Gasteiger partial charge >= 0.3 is 0 Å². The van der Waals surface area contributed by atoms with Crippen LogP contribution in [0.3, 0.4) is 0 Å². The molecule has 0 aliphatic rings. The number of hydrogen-bond acceptors (Lipinski definition) is 4. The highest BCUT2D eigenvalue weighted by molar-refractivity contribution is 7.89. The van der Waals surface area contributed by atoms with Crippen molar-refractivity contribution < 1.29 is 8.42 Å². The van der Waals surface area contributed by atoms with Gasteiger partial charge in [0, 0.05) is 6.54 Å². The van der Waals surface area contributed by atoms with Gasteiger partial charge in [0.1, 0.15) is 0 Å². The van der Waals surface area contributed by atoms with Gasteiger partial charge in [0.05, 0.1) is 27.2 Å². The van der Waals surface area contributed by atoms with Crippen LogP contribution < -0.4 is 16.2 Å². The Bertz CT molecular complexity index is 505. The Kier molecular flexibility index (Phi) is 4.88. The number of anilines is 2. The SMILES string of the molecule is Nc1cc(Cl)c(Cl)cc1NCCCS(N)(=O)=O. The molecule has 96 valence electrons. The first-order valence-corrected chi connectivity index (χ1v) is 7.25. The fourth-order valence-electron chi connectivity index (χ4n) is 1.21. The molecule has 0 aromatic heterocycles. The maximum absolute atomic E-state index is 10.7. The predicted molar refractivity (Wildman–Crippen MR) is 72.0 cm³/mol. The zero-order valence-electron chi connectivity index (χ0n) is 8.91. The van der Waals surface area contributed by atoms with E-state index in [1.54, 1.807) is 6.07 Å². The molecule has 0 radical (unpaired) electrons. The molecule has 0 saturated carbocycles. The van der Waals surface area contributed by atoms with Gasteiger partial charge in [-0.25, -0.2) is 13.6 Å². The van der Waals surface area contributed by atoms with Crippen LogP contribution in [0.1, 0.15) is 6.42 Å². The van der Waals surface area contributed by atoms with Gasteiger partial charge in [0.15, 0.2) is 0 Å². The average molecular weight is 298 g/mol. The fraction of sp³-hybridized carbons (Fsp3) is 0.333. The largest absolute Gasteiger partial charge is 0.397 e. The molecule has 5 nitrogen and oxygen atoms in total. The first-order chi connectivity index (χ1) is 7.79. The van der Waals surface area contributed by atoms with Crippen LogP contribution >= 0.6 is 23.2 Å². The maximum atomic E-state index is 10.7. The second-order valence-electron chi connectivity index (χ2n) is 3.50. The molecule has 17 heavy (non-hydrogen) atoms. The molecule has 0 heterocycles. The molecule has 1 rings (SSSR count). The lowest BCUT2D eigenvalue weighted by atomic mass is 10.2. The smallest absolute Gasteiger partial charge is 0.209 e. The molecule has 0 amide bonds.